The minimum Gasteiger partial charge on any atom is -0.506 e. The predicted octanol–water partition coefficient (Wildman–Crippen LogP) is 2.30. The van der Waals surface area contributed by atoms with Gasteiger partial charge in [0.1, 0.15) is 5.75 Å². The van der Waals surface area contributed by atoms with E-state index >= 15 is 0 Å². The summed E-state index contributed by atoms with van der Waals surface area (Å²) in [6.07, 6.45) is 3.66. The highest BCUT2D eigenvalue weighted by Crippen LogP contribution is 2.29. The van der Waals surface area contributed by atoms with Crippen LogP contribution < -0.4 is 10.2 Å². The number of nitrogens with one attached hydrogen (secondary N) is 1. The number of nitrogens with zero attached hydrogens (tertiary/aromatic N) is 3. The summed E-state index contributed by atoms with van der Waals surface area (Å²) in [7, 11) is 0. The molecule has 1 aliphatic carbocycles. The van der Waals surface area contributed by atoms with Crippen LogP contribution in [-0.2, 0) is 4.74 Å². The van der Waals surface area contributed by atoms with Gasteiger partial charge in [0.25, 0.3) is 0 Å². The van der Waals surface area contributed by atoms with E-state index in [0.29, 0.717) is 5.75 Å². The summed E-state index contributed by atoms with van der Waals surface area (Å²) >= 11 is 0. The lowest BCUT2D eigenvalue weighted by Crippen LogP contribution is -2.52. The van der Waals surface area contributed by atoms with Gasteiger partial charge in [0, 0.05) is 52.5 Å². The number of piperazine rings is 1. The molecule has 0 amide bonds. The minimum atomic E-state index is 0.354. The van der Waals surface area contributed by atoms with E-state index in [1.807, 2.05) is 18.2 Å². The summed E-state index contributed by atoms with van der Waals surface area (Å²) in [6, 6.07) is 7.56. The first-order valence-corrected chi connectivity index (χ1v) is 9.92. The Bertz CT molecular complexity index is 581. The smallest absolute Gasteiger partial charge is 0.194 e. The third-order valence-corrected chi connectivity index (χ3v) is 4.90. The van der Waals surface area contributed by atoms with Gasteiger partial charge in [-0.2, -0.15) is 0 Å². The number of aliphatic imine (C=N–C) groups is 1. The van der Waals surface area contributed by atoms with Crippen LogP contribution in [0.1, 0.15) is 26.2 Å². The van der Waals surface area contributed by atoms with Crippen molar-refractivity contribution in [3.8, 4) is 5.75 Å². The van der Waals surface area contributed by atoms with Gasteiger partial charge < -0.3 is 25.0 Å². The van der Waals surface area contributed by atoms with E-state index in [4.69, 9.17) is 9.73 Å². The molecule has 1 aromatic rings. The summed E-state index contributed by atoms with van der Waals surface area (Å²) in [5.41, 5.74) is 0.918. The Hall–Kier alpha value is -1.95. The summed E-state index contributed by atoms with van der Waals surface area (Å²) in [5.74, 6) is 2.18. The van der Waals surface area contributed by atoms with Crippen LogP contribution in [0.15, 0.2) is 29.3 Å². The van der Waals surface area contributed by atoms with Crippen molar-refractivity contribution in [3.05, 3.63) is 24.3 Å². The maximum absolute atomic E-state index is 10.0. The first kappa shape index (κ1) is 18.8. The zero-order chi connectivity index (χ0) is 18.2. The third kappa shape index (κ3) is 5.53. The van der Waals surface area contributed by atoms with E-state index in [1.54, 1.807) is 6.07 Å². The standard InChI is InChI=1S/C20H32N4O2/c1-2-21-20(22-10-5-15-26-16-17-8-9-17)24-13-11-23(12-14-24)18-6-3-4-7-19(18)25/h3-4,6-7,17,25H,2,5,8-16H2,1H3,(H,21,22). The van der Waals surface area contributed by atoms with Crippen LogP contribution in [0.5, 0.6) is 5.75 Å². The van der Waals surface area contributed by atoms with Crippen molar-refractivity contribution < 1.29 is 9.84 Å². The van der Waals surface area contributed by atoms with Gasteiger partial charge in [-0.1, -0.05) is 12.1 Å². The molecule has 1 aliphatic heterocycles. The number of hydrogen-bond donors (Lipinski definition) is 2. The normalized spacial score (nSPS) is 18.3. The largest absolute Gasteiger partial charge is 0.506 e. The average molecular weight is 361 g/mol. The topological polar surface area (TPSA) is 60.3 Å². The fraction of sp³-hybridized carbons (Fsp3) is 0.650. The number of aromatic hydroxyl groups is 1. The number of guanidine groups is 1. The SMILES string of the molecule is CCNC(=NCCCOCC1CC1)N1CCN(c2ccccc2O)CC1. The first-order chi connectivity index (χ1) is 12.8. The molecule has 3 rings (SSSR count). The van der Waals surface area contributed by atoms with Gasteiger partial charge in [0.15, 0.2) is 5.96 Å². The first-order valence-electron chi connectivity index (χ1n) is 9.92. The van der Waals surface area contributed by atoms with Crippen molar-refractivity contribution >= 4 is 11.6 Å². The van der Waals surface area contributed by atoms with Crippen LogP contribution in [0.2, 0.25) is 0 Å². The van der Waals surface area contributed by atoms with Crippen molar-refractivity contribution in [2.75, 3.05) is 57.4 Å². The molecule has 1 saturated carbocycles. The Kier molecular flexibility index (Phi) is 7.00. The average Bonchev–Trinajstić information content (AvgIpc) is 3.49. The van der Waals surface area contributed by atoms with E-state index in [1.165, 1.54) is 12.8 Å². The Balaban J connectivity index is 1.44. The number of phenols is 1. The monoisotopic (exact) mass is 360 g/mol. The van der Waals surface area contributed by atoms with E-state index in [2.05, 4.69) is 22.0 Å². The fourth-order valence-electron chi connectivity index (χ4n) is 3.20. The second-order valence-corrected chi connectivity index (χ2v) is 7.07. The van der Waals surface area contributed by atoms with E-state index in [9.17, 15) is 5.11 Å². The van der Waals surface area contributed by atoms with E-state index in [-0.39, 0.29) is 0 Å². The highest BCUT2D eigenvalue weighted by atomic mass is 16.5. The van der Waals surface area contributed by atoms with Crippen LogP contribution in [0.4, 0.5) is 5.69 Å². The lowest BCUT2D eigenvalue weighted by atomic mass is 10.2. The summed E-state index contributed by atoms with van der Waals surface area (Å²) in [6.45, 7) is 9.07. The molecule has 0 spiro atoms. The Morgan fingerprint density at radius 3 is 2.69 bits per heavy atom. The van der Waals surface area contributed by atoms with Gasteiger partial charge in [-0.3, -0.25) is 4.99 Å². The summed E-state index contributed by atoms with van der Waals surface area (Å²) in [5, 5.41) is 13.4. The summed E-state index contributed by atoms with van der Waals surface area (Å²) < 4.78 is 5.69. The minimum absolute atomic E-state index is 0.354. The predicted molar refractivity (Wildman–Crippen MR) is 106 cm³/mol. The van der Waals surface area contributed by atoms with E-state index < -0.39 is 0 Å². The van der Waals surface area contributed by atoms with Crippen molar-refractivity contribution in [1.82, 2.24) is 10.2 Å². The molecule has 1 saturated heterocycles. The number of rotatable bonds is 8. The molecule has 0 bridgehead atoms. The molecule has 2 fully saturated rings. The Morgan fingerprint density at radius 2 is 2.00 bits per heavy atom. The molecule has 1 heterocycles. The van der Waals surface area contributed by atoms with Crippen molar-refractivity contribution in [3.63, 3.8) is 0 Å². The molecule has 144 valence electrons. The molecule has 2 aliphatic rings. The number of para-hydroxylation sites is 2. The van der Waals surface area contributed by atoms with Crippen molar-refractivity contribution in [2.24, 2.45) is 10.9 Å². The maximum atomic E-state index is 10.0. The van der Waals surface area contributed by atoms with Gasteiger partial charge >= 0.3 is 0 Å². The lowest BCUT2D eigenvalue weighted by molar-refractivity contribution is 0.123. The second-order valence-electron chi connectivity index (χ2n) is 7.07. The highest BCUT2D eigenvalue weighted by molar-refractivity contribution is 5.80. The van der Waals surface area contributed by atoms with Crippen molar-refractivity contribution in [2.45, 2.75) is 26.2 Å². The molecule has 0 unspecified atom stereocenters. The molecule has 6 heteroatoms. The quantitative estimate of drug-likeness (QED) is 0.423. The van der Waals surface area contributed by atoms with Crippen LogP contribution in [-0.4, -0.2) is 68.4 Å². The van der Waals surface area contributed by atoms with Gasteiger partial charge in [0.2, 0.25) is 0 Å². The number of ether oxygens (including phenoxy) is 1. The third-order valence-electron chi connectivity index (χ3n) is 4.90. The summed E-state index contributed by atoms with van der Waals surface area (Å²) in [4.78, 5) is 9.32. The molecule has 0 aromatic heterocycles. The highest BCUT2D eigenvalue weighted by Gasteiger charge is 2.22. The molecule has 0 atom stereocenters. The van der Waals surface area contributed by atoms with Crippen molar-refractivity contribution in [1.29, 1.82) is 0 Å². The van der Waals surface area contributed by atoms with Gasteiger partial charge in [-0.25, -0.2) is 0 Å². The molecule has 0 radical (unpaired) electrons. The lowest BCUT2D eigenvalue weighted by Gasteiger charge is -2.37. The van der Waals surface area contributed by atoms with Crippen LogP contribution >= 0.6 is 0 Å². The zero-order valence-electron chi connectivity index (χ0n) is 15.9. The van der Waals surface area contributed by atoms with Crippen LogP contribution in [0.25, 0.3) is 0 Å². The number of hydrogen-bond acceptors (Lipinski definition) is 4. The number of benzene rings is 1. The van der Waals surface area contributed by atoms with Gasteiger partial charge in [-0.05, 0) is 44.2 Å². The molecular weight excluding hydrogens is 328 g/mol. The number of phenolic OH excluding ortho intramolecular Hbond substituents is 1. The molecule has 6 nitrogen and oxygen atoms in total. The Morgan fingerprint density at radius 1 is 1.23 bits per heavy atom. The Labute approximate surface area is 156 Å². The fourth-order valence-corrected chi connectivity index (χ4v) is 3.20. The molecule has 26 heavy (non-hydrogen) atoms. The number of anilines is 1. The van der Waals surface area contributed by atoms with Crippen LogP contribution in [0.3, 0.4) is 0 Å². The molecular formula is C20H32N4O2. The second kappa shape index (κ2) is 9.67. The van der Waals surface area contributed by atoms with E-state index in [0.717, 1.165) is 76.5 Å². The van der Waals surface area contributed by atoms with Gasteiger partial charge in [0.05, 0.1) is 5.69 Å². The van der Waals surface area contributed by atoms with Crippen LogP contribution in [0, 0.1) is 5.92 Å². The molecule has 2 N–H and O–H groups in total. The maximum Gasteiger partial charge on any atom is 0.194 e. The van der Waals surface area contributed by atoms with Gasteiger partial charge in [-0.15, -0.1) is 0 Å². The zero-order valence-corrected chi connectivity index (χ0v) is 15.9. The molecule has 1 aromatic carbocycles.